The monoisotopic (exact) mass is 317 g/mol. The molecule has 3 amide bonds. The van der Waals surface area contributed by atoms with Gasteiger partial charge in [0.2, 0.25) is 5.91 Å². The van der Waals surface area contributed by atoms with Crippen LogP contribution in [0, 0.1) is 5.82 Å². The minimum absolute atomic E-state index is 0.0574. The molecule has 0 radical (unpaired) electrons. The molecule has 0 heterocycles. The number of benzene rings is 2. The van der Waals surface area contributed by atoms with Gasteiger partial charge in [0.25, 0.3) is 0 Å². The number of para-hydroxylation sites is 1. The summed E-state index contributed by atoms with van der Waals surface area (Å²) in [5, 5.41) is 7.56. The third-order valence-electron chi connectivity index (χ3n) is 2.89. The number of nitrogens with one attached hydrogen (secondary N) is 3. The van der Waals surface area contributed by atoms with Crippen LogP contribution in [0.5, 0.6) is 5.75 Å². The Morgan fingerprint density at radius 2 is 1.70 bits per heavy atom. The standard InChI is InChI=1S/C16H16FN3O3/c1-10(21)18-11-7-8-15(23-2)14(9-11)20-16(22)19-13-6-4-3-5-12(13)17/h3-9H,1-2H3,(H,18,21)(H2,19,20,22). The number of hydrogen-bond acceptors (Lipinski definition) is 3. The van der Waals surface area contributed by atoms with Crippen molar-refractivity contribution in [3.63, 3.8) is 0 Å². The van der Waals surface area contributed by atoms with Gasteiger partial charge in [-0.15, -0.1) is 0 Å². The molecule has 0 bridgehead atoms. The lowest BCUT2D eigenvalue weighted by Gasteiger charge is -2.13. The van der Waals surface area contributed by atoms with Gasteiger partial charge in [-0.2, -0.15) is 0 Å². The quantitative estimate of drug-likeness (QED) is 0.808. The van der Waals surface area contributed by atoms with Crippen LogP contribution < -0.4 is 20.7 Å². The molecule has 120 valence electrons. The van der Waals surface area contributed by atoms with Crippen LogP contribution in [0.4, 0.5) is 26.2 Å². The van der Waals surface area contributed by atoms with Gasteiger partial charge in [-0.1, -0.05) is 12.1 Å². The van der Waals surface area contributed by atoms with E-state index in [0.29, 0.717) is 17.1 Å². The van der Waals surface area contributed by atoms with Crippen molar-refractivity contribution in [2.45, 2.75) is 6.92 Å². The first-order valence-corrected chi connectivity index (χ1v) is 6.77. The van der Waals surface area contributed by atoms with Crippen LogP contribution in [0.3, 0.4) is 0 Å². The number of urea groups is 1. The summed E-state index contributed by atoms with van der Waals surface area (Å²) < 4.78 is 18.7. The molecule has 2 aromatic carbocycles. The number of rotatable bonds is 4. The molecule has 0 spiro atoms. The summed E-state index contributed by atoms with van der Waals surface area (Å²) in [6.07, 6.45) is 0. The Hall–Kier alpha value is -3.09. The van der Waals surface area contributed by atoms with Gasteiger partial charge in [-0.05, 0) is 30.3 Å². The van der Waals surface area contributed by atoms with Crippen LogP contribution in [0.2, 0.25) is 0 Å². The second kappa shape index (κ2) is 7.26. The summed E-state index contributed by atoms with van der Waals surface area (Å²) in [7, 11) is 1.45. The maximum atomic E-state index is 13.5. The minimum Gasteiger partial charge on any atom is -0.495 e. The molecule has 0 fully saturated rings. The van der Waals surface area contributed by atoms with Crippen LogP contribution in [0.15, 0.2) is 42.5 Å². The molecule has 0 aliphatic rings. The number of amides is 3. The molecule has 0 aliphatic heterocycles. The van der Waals surface area contributed by atoms with Crippen molar-refractivity contribution in [2.24, 2.45) is 0 Å². The Labute approximate surface area is 132 Å². The Balaban J connectivity index is 2.15. The van der Waals surface area contributed by atoms with Gasteiger partial charge in [0.05, 0.1) is 18.5 Å². The second-order valence-corrected chi connectivity index (χ2v) is 4.66. The molecule has 0 aliphatic carbocycles. The fraction of sp³-hybridized carbons (Fsp3) is 0.125. The van der Waals surface area contributed by atoms with Gasteiger partial charge in [0, 0.05) is 12.6 Å². The molecule has 0 unspecified atom stereocenters. The van der Waals surface area contributed by atoms with Gasteiger partial charge >= 0.3 is 6.03 Å². The predicted molar refractivity (Wildman–Crippen MR) is 86.3 cm³/mol. The van der Waals surface area contributed by atoms with Crippen molar-refractivity contribution in [3.8, 4) is 5.75 Å². The molecule has 3 N–H and O–H groups in total. The Morgan fingerprint density at radius 1 is 1.00 bits per heavy atom. The normalized spacial score (nSPS) is 9.87. The first-order valence-electron chi connectivity index (χ1n) is 6.77. The average Bonchev–Trinajstić information content (AvgIpc) is 2.49. The topological polar surface area (TPSA) is 79.5 Å². The van der Waals surface area contributed by atoms with E-state index in [1.807, 2.05) is 0 Å². The van der Waals surface area contributed by atoms with Crippen molar-refractivity contribution in [1.29, 1.82) is 0 Å². The molecular formula is C16H16FN3O3. The van der Waals surface area contributed by atoms with E-state index in [2.05, 4.69) is 16.0 Å². The molecule has 0 saturated heterocycles. The second-order valence-electron chi connectivity index (χ2n) is 4.66. The summed E-state index contributed by atoms with van der Waals surface area (Å²) in [5.41, 5.74) is 0.897. The number of methoxy groups -OCH3 is 1. The first kappa shape index (κ1) is 16.3. The van der Waals surface area contributed by atoms with E-state index in [4.69, 9.17) is 4.74 Å². The van der Waals surface area contributed by atoms with Crippen LogP contribution >= 0.6 is 0 Å². The molecule has 2 aromatic rings. The summed E-state index contributed by atoms with van der Waals surface area (Å²) >= 11 is 0. The zero-order valence-electron chi connectivity index (χ0n) is 12.6. The van der Waals surface area contributed by atoms with Gasteiger partial charge in [-0.25, -0.2) is 9.18 Å². The molecule has 0 atom stereocenters. The van der Waals surface area contributed by atoms with Crippen LogP contribution in [-0.2, 0) is 4.79 Å². The van der Waals surface area contributed by atoms with E-state index in [9.17, 15) is 14.0 Å². The van der Waals surface area contributed by atoms with E-state index < -0.39 is 11.8 Å². The first-order chi connectivity index (χ1) is 11.0. The third kappa shape index (κ3) is 4.44. The molecule has 6 nitrogen and oxygen atoms in total. The van der Waals surface area contributed by atoms with Crippen LogP contribution in [0.25, 0.3) is 0 Å². The number of anilines is 3. The van der Waals surface area contributed by atoms with Crippen molar-refractivity contribution < 1.29 is 18.7 Å². The van der Waals surface area contributed by atoms with Crippen molar-refractivity contribution in [2.75, 3.05) is 23.1 Å². The molecular weight excluding hydrogens is 301 g/mol. The van der Waals surface area contributed by atoms with Crippen molar-refractivity contribution in [3.05, 3.63) is 48.3 Å². The lowest BCUT2D eigenvalue weighted by atomic mass is 10.2. The van der Waals surface area contributed by atoms with Gasteiger partial charge in [-0.3, -0.25) is 4.79 Å². The highest BCUT2D eigenvalue weighted by atomic mass is 19.1. The minimum atomic E-state index is -0.631. The summed E-state index contributed by atoms with van der Waals surface area (Å²) in [5.74, 6) is -0.374. The Morgan fingerprint density at radius 3 is 2.35 bits per heavy atom. The lowest BCUT2D eigenvalue weighted by molar-refractivity contribution is -0.114. The van der Waals surface area contributed by atoms with E-state index in [-0.39, 0.29) is 11.6 Å². The Kier molecular flexibility index (Phi) is 5.14. The number of ether oxygens (including phenoxy) is 1. The van der Waals surface area contributed by atoms with Gasteiger partial charge < -0.3 is 20.7 Å². The number of hydrogen-bond donors (Lipinski definition) is 3. The van der Waals surface area contributed by atoms with Crippen LogP contribution in [-0.4, -0.2) is 19.0 Å². The number of halogens is 1. The van der Waals surface area contributed by atoms with E-state index in [1.54, 1.807) is 24.3 Å². The average molecular weight is 317 g/mol. The fourth-order valence-corrected chi connectivity index (χ4v) is 1.93. The maximum absolute atomic E-state index is 13.5. The lowest BCUT2D eigenvalue weighted by Crippen LogP contribution is -2.20. The fourth-order valence-electron chi connectivity index (χ4n) is 1.93. The smallest absolute Gasteiger partial charge is 0.323 e. The van der Waals surface area contributed by atoms with Crippen molar-refractivity contribution in [1.82, 2.24) is 0 Å². The largest absolute Gasteiger partial charge is 0.495 e. The van der Waals surface area contributed by atoms with E-state index in [1.165, 1.54) is 32.2 Å². The summed E-state index contributed by atoms with van der Waals surface area (Å²) in [4.78, 5) is 23.1. The van der Waals surface area contributed by atoms with Gasteiger partial charge in [0.1, 0.15) is 11.6 Å². The number of carbonyl (C=O) groups excluding carboxylic acids is 2. The number of carbonyl (C=O) groups is 2. The molecule has 7 heteroatoms. The third-order valence-corrected chi connectivity index (χ3v) is 2.89. The summed E-state index contributed by atoms with van der Waals surface area (Å²) in [6, 6.07) is 9.97. The highest BCUT2D eigenvalue weighted by molar-refractivity contribution is 6.01. The maximum Gasteiger partial charge on any atom is 0.323 e. The van der Waals surface area contributed by atoms with Crippen molar-refractivity contribution >= 4 is 29.0 Å². The summed E-state index contributed by atoms with van der Waals surface area (Å²) in [6.45, 7) is 1.38. The SMILES string of the molecule is COc1ccc(NC(C)=O)cc1NC(=O)Nc1ccccc1F. The zero-order chi connectivity index (χ0) is 16.8. The Bertz CT molecular complexity index is 734. The highest BCUT2D eigenvalue weighted by Gasteiger charge is 2.11. The van der Waals surface area contributed by atoms with E-state index >= 15 is 0 Å². The van der Waals surface area contributed by atoms with Crippen LogP contribution in [0.1, 0.15) is 6.92 Å². The van der Waals surface area contributed by atoms with Gasteiger partial charge in [0.15, 0.2) is 0 Å². The molecule has 23 heavy (non-hydrogen) atoms. The molecule has 0 aromatic heterocycles. The zero-order valence-corrected chi connectivity index (χ0v) is 12.6. The van der Waals surface area contributed by atoms with E-state index in [0.717, 1.165) is 0 Å². The molecule has 0 saturated carbocycles. The predicted octanol–water partition coefficient (Wildman–Crippen LogP) is 3.44. The molecule has 2 rings (SSSR count). The highest BCUT2D eigenvalue weighted by Crippen LogP contribution is 2.28.